The fourth-order valence-corrected chi connectivity index (χ4v) is 1.35. The highest BCUT2D eigenvalue weighted by Crippen LogP contribution is 2.16. The molecule has 0 N–H and O–H groups in total. The van der Waals surface area contributed by atoms with Gasteiger partial charge in [0.25, 0.3) is 5.97 Å². The van der Waals surface area contributed by atoms with Crippen molar-refractivity contribution in [3.8, 4) is 0 Å². The van der Waals surface area contributed by atoms with E-state index < -0.39 is 12.9 Å². The Balaban J connectivity index is 3.86. The molecular weight excluding hydrogens is 179 g/mol. The molecule has 0 saturated carbocycles. The summed E-state index contributed by atoms with van der Waals surface area (Å²) in [7, 11) is 0. The molecular formula is C4H6Cl2O2Si. The second kappa shape index (κ2) is 3.24. The van der Waals surface area contributed by atoms with E-state index in [1.807, 2.05) is 0 Å². The van der Waals surface area contributed by atoms with Crippen LogP contribution in [0.3, 0.4) is 0 Å². The van der Waals surface area contributed by atoms with Gasteiger partial charge in [-0.2, -0.15) is 0 Å². The molecule has 0 fully saturated rings. The van der Waals surface area contributed by atoms with E-state index in [4.69, 9.17) is 22.2 Å². The van der Waals surface area contributed by atoms with Crippen molar-refractivity contribution < 1.29 is 9.22 Å². The maximum atomic E-state index is 10.2. The van der Waals surface area contributed by atoms with E-state index in [1.165, 1.54) is 12.6 Å². The van der Waals surface area contributed by atoms with Crippen LogP contribution in [0.15, 0.2) is 12.3 Å². The van der Waals surface area contributed by atoms with Crippen molar-refractivity contribution in [2.24, 2.45) is 0 Å². The summed E-state index contributed by atoms with van der Waals surface area (Å²) in [5, 5.41) is 0. The summed E-state index contributed by atoms with van der Waals surface area (Å²) in [4.78, 5) is 10.2. The van der Waals surface area contributed by atoms with Gasteiger partial charge in [-0.1, -0.05) is 22.2 Å². The summed E-state index contributed by atoms with van der Waals surface area (Å²) in [6, 6.07) is 0. The Morgan fingerprint density at radius 1 is 1.78 bits per heavy atom. The van der Waals surface area contributed by atoms with Gasteiger partial charge >= 0.3 is 6.94 Å². The average Bonchev–Trinajstić information content (AvgIpc) is 1.63. The summed E-state index contributed by atoms with van der Waals surface area (Å²) < 4.78 is 4.50. The normalized spacial score (nSPS) is 10.6. The third-order valence-corrected chi connectivity index (χ3v) is 2.94. The number of hydrogen-bond donors (Lipinski definition) is 0. The predicted molar refractivity (Wildman–Crippen MR) is 39.4 cm³/mol. The Kier molecular flexibility index (Phi) is 3.25. The molecule has 0 aliphatic carbocycles. The number of rotatable bonds is 2. The topological polar surface area (TPSA) is 26.3 Å². The van der Waals surface area contributed by atoms with Crippen molar-refractivity contribution in [1.82, 2.24) is 0 Å². The second-order valence-corrected chi connectivity index (χ2v) is 7.04. The van der Waals surface area contributed by atoms with E-state index in [-0.39, 0.29) is 0 Å². The van der Waals surface area contributed by atoms with Gasteiger partial charge < -0.3 is 4.43 Å². The van der Waals surface area contributed by atoms with Gasteiger partial charge in [0, 0.05) is 6.92 Å². The Labute approximate surface area is 63.9 Å². The molecule has 0 atom stereocenters. The Morgan fingerprint density at radius 2 is 2.22 bits per heavy atom. The van der Waals surface area contributed by atoms with Crippen LogP contribution in [0, 0.1) is 0 Å². The van der Waals surface area contributed by atoms with Crippen LogP contribution >= 0.6 is 22.2 Å². The first kappa shape index (κ1) is 9.01. The van der Waals surface area contributed by atoms with Crippen LogP contribution in [0.25, 0.3) is 0 Å². The van der Waals surface area contributed by atoms with Gasteiger partial charge in [-0.05, 0) is 5.70 Å². The van der Waals surface area contributed by atoms with Gasteiger partial charge in [0.05, 0.1) is 0 Å². The molecule has 0 rings (SSSR count). The molecule has 0 unspecified atom stereocenters. The first-order chi connectivity index (χ1) is 3.98. The zero-order valence-corrected chi connectivity index (χ0v) is 7.37. The van der Waals surface area contributed by atoms with Gasteiger partial charge in [0.1, 0.15) is 0 Å². The Morgan fingerprint density at radius 3 is 2.33 bits per heavy atom. The molecule has 2 nitrogen and oxygen atoms in total. The lowest BCUT2D eigenvalue weighted by Gasteiger charge is -2.09. The van der Waals surface area contributed by atoms with Crippen molar-refractivity contribution in [3.63, 3.8) is 0 Å². The summed E-state index contributed by atoms with van der Waals surface area (Å²) in [5.41, 5.74) is 1.26. The molecule has 5 heteroatoms. The molecule has 0 aliphatic heterocycles. The van der Waals surface area contributed by atoms with Crippen molar-refractivity contribution in [2.45, 2.75) is 6.92 Å². The number of halogens is 2. The van der Waals surface area contributed by atoms with Gasteiger partial charge in [-0.25, -0.2) is 0 Å². The summed E-state index contributed by atoms with van der Waals surface area (Å²) >= 11 is 10.9. The van der Waals surface area contributed by atoms with Crippen LogP contribution in [0.1, 0.15) is 6.92 Å². The lowest BCUT2D eigenvalue weighted by atomic mass is 10.9. The van der Waals surface area contributed by atoms with Gasteiger partial charge in [0.2, 0.25) is 0 Å². The molecule has 0 aromatic carbocycles. The summed E-state index contributed by atoms with van der Waals surface area (Å²) in [6.07, 6.45) is 0. The maximum Gasteiger partial charge on any atom is 0.478 e. The predicted octanol–water partition coefficient (Wildman–Crippen LogP) is 1.69. The molecule has 9 heavy (non-hydrogen) atoms. The molecule has 0 aromatic heterocycles. The van der Waals surface area contributed by atoms with E-state index >= 15 is 0 Å². The van der Waals surface area contributed by atoms with Crippen molar-refractivity contribution >= 4 is 35.1 Å². The van der Waals surface area contributed by atoms with Crippen LogP contribution in [0.5, 0.6) is 0 Å². The minimum absolute atomic E-state index is 0.480. The monoisotopic (exact) mass is 184 g/mol. The first-order valence-electron chi connectivity index (χ1n) is 2.19. The van der Waals surface area contributed by atoms with Gasteiger partial charge in [-0.3, -0.25) is 4.79 Å². The van der Waals surface area contributed by atoms with Crippen LogP contribution in [0.2, 0.25) is 0 Å². The molecule has 0 bridgehead atoms. The quantitative estimate of drug-likeness (QED) is 0.483. The second-order valence-electron chi connectivity index (χ2n) is 1.36. The van der Waals surface area contributed by atoms with Crippen LogP contribution in [0.4, 0.5) is 0 Å². The van der Waals surface area contributed by atoms with Crippen LogP contribution in [-0.4, -0.2) is 12.9 Å². The number of carbonyl (C=O) groups is 1. The molecule has 0 saturated heterocycles. The minimum Gasteiger partial charge on any atom is -0.489 e. The molecule has 0 spiro atoms. The largest absolute Gasteiger partial charge is 0.489 e. The molecule has 0 radical (unpaired) electrons. The highest BCUT2D eigenvalue weighted by Gasteiger charge is 2.29. The van der Waals surface area contributed by atoms with E-state index in [0.29, 0.717) is 0 Å². The van der Waals surface area contributed by atoms with E-state index in [1.54, 1.807) is 0 Å². The molecule has 52 valence electrons. The summed E-state index contributed by atoms with van der Waals surface area (Å²) in [6.45, 7) is 1.67. The van der Waals surface area contributed by atoms with Gasteiger partial charge in [-0.15, -0.1) is 6.58 Å². The average molecular weight is 185 g/mol. The van der Waals surface area contributed by atoms with Crippen LogP contribution in [-0.2, 0) is 9.22 Å². The Hall–Kier alpha value is 0.00688. The van der Waals surface area contributed by atoms with Gasteiger partial charge in [0.15, 0.2) is 0 Å². The van der Waals surface area contributed by atoms with E-state index in [9.17, 15) is 4.79 Å². The maximum absolute atomic E-state index is 10.2. The zero-order valence-electron chi connectivity index (χ0n) is 4.86. The third-order valence-electron chi connectivity index (χ3n) is 0.517. The van der Waals surface area contributed by atoms with Crippen molar-refractivity contribution in [3.05, 3.63) is 12.3 Å². The number of carbonyl (C=O) groups excluding carboxylic acids is 1. The van der Waals surface area contributed by atoms with E-state index in [2.05, 4.69) is 11.0 Å². The van der Waals surface area contributed by atoms with Crippen molar-refractivity contribution in [1.29, 1.82) is 0 Å². The zero-order chi connectivity index (χ0) is 7.49. The minimum atomic E-state index is -2.88. The molecule has 0 amide bonds. The molecule has 0 aromatic rings. The standard InChI is InChI=1S/C4H6Cl2O2Si/c1-3-9(5,6)8-4(2)7/h3H,1H2,2H3. The molecule has 0 heterocycles. The SMILES string of the molecule is C=C[Si](Cl)(Cl)OC(C)=O. The first-order valence-corrected chi connectivity index (χ1v) is 6.20. The lowest BCUT2D eigenvalue weighted by Crippen LogP contribution is -2.24. The fraction of sp³-hybridized carbons (Fsp3) is 0.250. The Bertz CT molecular complexity index is 135. The third kappa shape index (κ3) is 4.51. The number of hydrogen-bond acceptors (Lipinski definition) is 2. The highest BCUT2D eigenvalue weighted by molar-refractivity contribution is 7.45. The van der Waals surface area contributed by atoms with Crippen LogP contribution < -0.4 is 0 Å². The highest BCUT2D eigenvalue weighted by atomic mass is 35.7. The van der Waals surface area contributed by atoms with Crippen molar-refractivity contribution in [2.75, 3.05) is 0 Å². The smallest absolute Gasteiger partial charge is 0.478 e. The molecule has 0 aliphatic rings. The van der Waals surface area contributed by atoms with E-state index in [0.717, 1.165) is 0 Å². The fourth-order valence-electron chi connectivity index (χ4n) is 0.233. The lowest BCUT2D eigenvalue weighted by molar-refractivity contribution is -0.132. The summed E-state index contributed by atoms with van der Waals surface area (Å²) in [5.74, 6) is -0.480.